The van der Waals surface area contributed by atoms with Gasteiger partial charge < -0.3 is 19.0 Å². The molecule has 164 valence electrons. The van der Waals surface area contributed by atoms with Crippen LogP contribution in [0.5, 0.6) is 17.2 Å². The Balaban J connectivity index is 1.38. The van der Waals surface area contributed by atoms with Crippen LogP contribution in [0.2, 0.25) is 0 Å². The minimum atomic E-state index is -0.484. The number of methoxy groups -OCH3 is 1. The van der Waals surface area contributed by atoms with Crippen molar-refractivity contribution in [2.75, 3.05) is 20.3 Å². The first-order valence-electron chi connectivity index (χ1n) is 9.74. The van der Waals surface area contributed by atoms with E-state index in [9.17, 15) is 4.79 Å². The molecule has 9 heteroatoms. The molecule has 1 N–H and O–H groups in total. The smallest absolute Gasteiger partial charge is 0.282 e. The van der Waals surface area contributed by atoms with Gasteiger partial charge in [-0.15, -0.1) is 5.06 Å². The van der Waals surface area contributed by atoms with Crippen molar-refractivity contribution in [3.05, 3.63) is 69.9 Å². The molecule has 0 atom stereocenters. The monoisotopic (exact) mass is 497 g/mol. The molecule has 2 aliphatic rings. The lowest BCUT2D eigenvalue weighted by Crippen LogP contribution is -2.38. The summed E-state index contributed by atoms with van der Waals surface area (Å²) in [6, 6.07) is 12.7. The van der Waals surface area contributed by atoms with Gasteiger partial charge in [0.1, 0.15) is 36.2 Å². The number of nitrogens with zero attached hydrogens (tertiary/aromatic N) is 2. The number of carbonyl (C=O) groups is 1. The summed E-state index contributed by atoms with van der Waals surface area (Å²) in [6.07, 6.45) is 3.21. The number of amides is 1. The van der Waals surface area contributed by atoms with Crippen molar-refractivity contribution in [1.29, 1.82) is 5.41 Å². The SMILES string of the molecule is COc1cccc(OCCOc2ccc(/C=C3\C(=N)N4OC(C)=CC4=NC3=O)cc2Br)c1. The fourth-order valence-corrected chi connectivity index (χ4v) is 3.60. The zero-order valence-corrected chi connectivity index (χ0v) is 19.0. The van der Waals surface area contributed by atoms with E-state index in [1.54, 1.807) is 50.5 Å². The maximum absolute atomic E-state index is 12.4. The number of allylic oxidation sites excluding steroid dienone is 1. The minimum absolute atomic E-state index is 0.0563. The summed E-state index contributed by atoms with van der Waals surface area (Å²) in [5.41, 5.74) is 0.858. The Morgan fingerprint density at radius 1 is 1.16 bits per heavy atom. The number of halogens is 1. The highest BCUT2D eigenvalue weighted by molar-refractivity contribution is 9.10. The van der Waals surface area contributed by atoms with Gasteiger partial charge in [0, 0.05) is 12.1 Å². The highest BCUT2D eigenvalue weighted by Crippen LogP contribution is 2.29. The van der Waals surface area contributed by atoms with E-state index in [0.29, 0.717) is 46.3 Å². The zero-order valence-electron chi connectivity index (χ0n) is 17.4. The van der Waals surface area contributed by atoms with E-state index in [4.69, 9.17) is 24.5 Å². The van der Waals surface area contributed by atoms with Gasteiger partial charge in [-0.25, -0.2) is 0 Å². The van der Waals surface area contributed by atoms with Gasteiger partial charge in [0.25, 0.3) is 5.91 Å². The molecule has 2 heterocycles. The predicted octanol–water partition coefficient (Wildman–Crippen LogP) is 4.37. The molecule has 1 amide bonds. The number of aliphatic imine (C=N–C) groups is 1. The summed E-state index contributed by atoms with van der Waals surface area (Å²) < 4.78 is 17.3. The maximum Gasteiger partial charge on any atom is 0.282 e. The summed E-state index contributed by atoms with van der Waals surface area (Å²) in [6.45, 7) is 2.44. The number of fused-ring (bicyclic) bond motifs is 1. The van der Waals surface area contributed by atoms with Crippen LogP contribution in [0.4, 0.5) is 0 Å². The normalized spacial score (nSPS) is 16.3. The summed E-state index contributed by atoms with van der Waals surface area (Å²) >= 11 is 3.49. The van der Waals surface area contributed by atoms with Crippen LogP contribution in [0.3, 0.4) is 0 Å². The molecule has 2 aromatic carbocycles. The van der Waals surface area contributed by atoms with Gasteiger partial charge in [-0.2, -0.15) is 4.99 Å². The first-order valence-corrected chi connectivity index (χ1v) is 10.5. The third kappa shape index (κ3) is 4.67. The Labute approximate surface area is 193 Å². The predicted molar refractivity (Wildman–Crippen MR) is 123 cm³/mol. The van der Waals surface area contributed by atoms with Crippen LogP contribution in [-0.2, 0) is 9.63 Å². The van der Waals surface area contributed by atoms with E-state index in [0.717, 1.165) is 5.75 Å². The highest BCUT2D eigenvalue weighted by atomic mass is 79.9. The summed E-state index contributed by atoms with van der Waals surface area (Å²) in [4.78, 5) is 21.8. The number of carbonyl (C=O) groups excluding carboxylic acids is 1. The summed E-state index contributed by atoms with van der Waals surface area (Å²) in [5, 5.41) is 9.52. The molecule has 0 saturated carbocycles. The number of hydroxylamine groups is 2. The molecule has 32 heavy (non-hydrogen) atoms. The van der Waals surface area contributed by atoms with Gasteiger partial charge in [0.05, 0.1) is 17.2 Å². The van der Waals surface area contributed by atoms with Crippen LogP contribution in [0, 0.1) is 5.41 Å². The van der Waals surface area contributed by atoms with Crippen molar-refractivity contribution in [2.45, 2.75) is 6.92 Å². The lowest BCUT2D eigenvalue weighted by Gasteiger charge is -2.23. The topological polar surface area (TPSA) is 93.4 Å². The third-order valence-electron chi connectivity index (χ3n) is 4.60. The largest absolute Gasteiger partial charge is 0.497 e. The van der Waals surface area contributed by atoms with Gasteiger partial charge in [-0.05, 0) is 58.8 Å². The number of ether oxygens (including phenoxy) is 3. The van der Waals surface area contributed by atoms with Crippen molar-refractivity contribution in [3.8, 4) is 17.2 Å². The Bertz CT molecular complexity index is 1170. The van der Waals surface area contributed by atoms with E-state index in [1.165, 1.54) is 5.06 Å². The second-order valence-electron chi connectivity index (χ2n) is 6.89. The van der Waals surface area contributed by atoms with Gasteiger partial charge in [0.2, 0.25) is 0 Å². The van der Waals surface area contributed by atoms with E-state index in [-0.39, 0.29) is 11.4 Å². The van der Waals surface area contributed by atoms with Gasteiger partial charge in [-0.1, -0.05) is 12.1 Å². The van der Waals surface area contributed by atoms with E-state index in [2.05, 4.69) is 20.9 Å². The maximum atomic E-state index is 12.4. The Hall–Kier alpha value is -3.59. The van der Waals surface area contributed by atoms with Gasteiger partial charge in [-0.3, -0.25) is 10.2 Å². The number of rotatable bonds is 7. The quantitative estimate of drug-likeness (QED) is 0.451. The van der Waals surface area contributed by atoms with E-state index in [1.807, 2.05) is 18.2 Å². The molecule has 0 spiro atoms. The average molecular weight is 498 g/mol. The molecule has 8 nitrogen and oxygen atoms in total. The van der Waals surface area contributed by atoms with Gasteiger partial charge in [0.15, 0.2) is 11.7 Å². The van der Waals surface area contributed by atoms with Crippen LogP contribution in [0.25, 0.3) is 6.08 Å². The molecule has 0 saturated heterocycles. The fourth-order valence-electron chi connectivity index (χ4n) is 3.09. The third-order valence-corrected chi connectivity index (χ3v) is 5.22. The Morgan fingerprint density at radius 3 is 2.72 bits per heavy atom. The first-order chi connectivity index (χ1) is 15.4. The molecule has 0 fully saturated rings. The molecule has 0 bridgehead atoms. The zero-order chi connectivity index (χ0) is 22.7. The molecule has 0 aromatic heterocycles. The number of amidine groups is 2. The molecule has 0 radical (unpaired) electrons. The standard InChI is InChI=1S/C23H20BrN3O5/c1-14-10-21-26-23(28)18(22(25)27(21)32-14)11-15-6-7-20(19(24)12-15)31-9-8-30-17-5-3-4-16(13-17)29-2/h3-7,10-13,25H,8-9H2,1-2H3/b18-11+,25-22?. The Kier molecular flexibility index (Phi) is 6.27. The molecule has 4 rings (SSSR count). The van der Waals surface area contributed by atoms with Crippen molar-refractivity contribution in [3.63, 3.8) is 0 Å². The molecular weight excluding hydrogens is 478 g/mol. The second-order valence-corrected chi connectivity index (χ2v) is 7.74. The van der Waals surface area contributed by atoms with E-state index < -0.39 is 5.91 Å². The molecular formula is C23H20BrN3O5. The number of hydrogen-bond acceptors (Lipinski definition) is 6. The fraction of sp³-hybridized carbons (Fsp3) is 0.174. The number of nitrogens with one attached hydrogen (secondary N) is 1. The second kappa shape index (κ2) is 9.27. The minimum Gasteiger partial charge on any atom is -0.497 e. The van der Waals surface area contributed by atoms with Crippen LogP contribution in [0.15, 0.2) is 69.3 Å². The van der Waals surface area contributed by atoms with Crippen molar-refractivity contribution in [1.82, 2.24) is 5.06 Å². The number of benzene rings is 2. The average Bonchev–Trinajstić information content (AvgIpc) is 3.15. The van der Waals surface area contributed by atoms with Crippen LogP contribution in [-0.4, -0.2) is 43.0 Å². The van der Waals surface area contributed by atoms with Crippen molar-refractivity contribution in [2.24, 2.45) is 4.99 Å². The lowest BCUT2D eigenvalue weighted by atomic mass is 10.1. The first kappa shape index (κ1) is 21.6. The molecule has 0 unspecified atom stereocenters. The van der Waals surface area contributed by atoms with Crippen LogP contribution < -0.4 is 14.2 Å². The number of hydrogen-bond donors (Lipinski definition) is 1. The highest BCUT2D eigenvalue weighted by Gasteiger charge is 2.34. The lowest BCUT2D eigenvalue weighted by molar-refractivity contribution is -0.114. The molecule has 0 aliphatic carbocycles. The van der Waals surface area contributed by atoms with E-state index >= 15 is 0 Å². The summed E-state index contributed by atoms with van der Waals surface area (Å²) in [7, 11) is 1.61. The molecule has 2 aliphatic heterocycles. The summed E-state index contributed by atoms with van der Waals surface area (Å²) in [5.74, 6) is 2.41. The Morgan fingerprint density at radius 2 is 1.94 bits per heavy atom. The molecule has 2 aromatic rings. The van der Waals surface area contributed by atoms with Crippen LogP contribution in [0.1, 0.15) is 12.5 Å². The van der Waals surface area contributed by atoms with Crippen LogP contribution >= 0.6 is 15.9 Å². The van der Waals surface area contributed by atoms with Gasteiger partial charge >= 0.3 is 0 Å². The van der Waals surface area contributed by atoms with Crippen molar-refractivity contribution < 1.29 is 23.8 Å². The van der Waals surface area contributed by atoms with Crippen molar-refractivity contribution >= 4 is 39.6 Å².